The Bertz CT molecular complexity index is 1390. The molecular formula is C25H21F3N4O3. The van der Waals surface area contributed by atoms with Crippen LogP contribution < -0.4 is 5.32 Å². The molecule has 1 N–H and O–H groups in total. The zero-order valence-electron chi connectivity index (χ0n) is 18.9. The number of hydrogen-bond donors (Lipinski definition) is 1. The van der Waals surface area contributed by atoms with Gasteiger partial charge in [0.1, 0.15) is 11.9 Å². The van der Waals surface area contributed by atoms with Gasteiger partial charge in [-0.05, 0) is 48.7 Å². The molecule has 10 heteroatoms. The predicted octanol–water partition coefficient (Wildman–Crippen LogP) is 3.84. The summed E-state index contributed by atoms with van der Waals surface area (Å²) in [4.78, 5) is 42.7. The molecule has 2 aromatic carbocycles. The van der Waals surface area contributed by atoms with E-state index in [2.05, 4.69) is 10.3 Å². The first-order valence-corrected chi connectivity index (χ1v) is 11.0. The van der Waals surface area contributed by atoms with Crippen LogP contribution in [0.3, 0.4) is 0 Å². The molecule has 3 aromatic rings. The lowest BCUT2D eigenvalue weighted by molar-refractivity contribution is -0.138. The molecule has 0 aliphatic carbocycles. The SMILES string of the molecule is Cc1cc(-c2nc(-c3ccc4c(c3)CN(C3CCC(=O)NC3=O)C4=O)cn2C)ccc1C(F)(F)F. The number of nitrogens with zero attached hydrogens (tertiary/aromatic N) is 3. The Kier molecular flexibility index (Phi) is 5.26. The van der Waals surface area contributed by atoms with E-state index in [0.717, 1.165) is 17.2 Å². The number of imide groups is 1. The van der Waals surface area contributed by atoms with Crippen molar-refractivity contribution in [1.29, 1.82) is 0 Å². The second-order valence-corrected chi connectivity index (χ2v) is 8.86. The predicted molar refractivity (Wildman–Crippen MR) is 120 cm³/mol. The van der Waals surface area contributed by atoms with E-state index in [0.29, 0.717) is 22.6 Å². The van der Waals surface area contributed by atoms with E-state index in [1.165, 1.54) is 24.0 Å². The third kappa shape index (κ3) is 3.98. The lowest BCUT2D eigenvalue weighted by Gasteiger charge is -2.29. The number of carbonyl (C=O) groups is 3. The Balaban J connectivity index is 1.43. The van der Waals surface area contributed by atoms with Gasteiger partial charge in [-0.2, -0.15) is 13.2 Å². The number of imidazole rings is 1. The molecule has 1 unspecified atom stereocenters. The van der Waals surface area contributed by atoms with Crippen LogP contribution in [0.1, 0.15) is 39.9 Å². The molecule has 1 atom stereocenters. The van der Waals surface area contributed by atoms with Crippen LogP contribution in [0.5, 0.6) is 0 Å². The average molecular weight is 482 g/mol. The lowest BCUT2D eigenvalue weighted by Crippen LogP contribution is -2.52. The normalized spacial score (nSPS) is 18.1. The summed E-state index contributed by atoms with van der Waals surface area (Å²) in [6.45, 7) is 1.66. The molecule has 2 aliphatic heterocycles. The van der Waals surface area contributed by atoms with Gasteiger partial charge in [-0.25, -0.2) is 4.98 Å². The van der Waals surface area contributed by atoms with Crippen molar-refractivity contribution in [3.8, 4) is 22.6 Å². The van der Waals surface area contributed by atoms with Crippen molar-refractivity contribution in [3.63, 3.8) is 0 Å². The zero-order valence-corrected chi connectivity index (χ0v) is 18.9. The molecule has 1 fully saturated rings. The summed E-state index contributed by atoms with van der Waals surface area (Å²) < 4.78 is 41.1. The van der Waals surface area contributed by atoms with Gasteiger partial charge in [0, 0.05) is 42.9 Å². The largest absolute Gasteiger partial charge is 0.416 e. The fourth-order valence-electron chi connectivity index (χ4n) is 4.73. The second-order valence-electron chi connectivity index (χ2n) is 8.86. The van der Waals surface area contributed by atoms with Crippen molar-refractivity contribution in [1.82, 2.24) is 19.8 Å². The Labute approximate surface area is 198 Å². The van der Waals surface area contributed by atoms with Gasteiger partial charge < -0.3 is 9.47 Å². The Morgan fingerprint density at radius 3 is 2.49 bits per heavy atom. The number of fused-ring (bicyclic) bond motifs is 1. The van der Waals surface area contributed by atoms with Crippen LogP contribution in [0, 0.1) is 6.92 Å². The fraction of sp³-hybridized carbons (Fsp3) is 0.280. The standard InChI is InChI=1S/C25H21F3N4O3/c1-13-9-15(4-6-18(13)25(26,27)28)22-29-19(12-31(22)2)14-3-5-17-16(10-14)11-32(24(17)35)20-7-8-21(33)30-23(20)34/h3-6,9-10,12,20H,7-8,11H2,1-2H3,(H,30,33,34). The molecule has 0 spiro atoms. The molecular weight excluding hydrogens is 461 g/mol. The molecule has 1 saturated heterocycles. The number of hydrogen-bond acceptors (Lipinski definition) is 4. The van der Waals surface area contributed by atoms with E-state index in [1.54, 1.807) is 29.9 Å². The number of nitrogens with one attached hydrogen (secondary N) is 1. The molecule has 1 aromatic heterocycles. The van der Waals surface area contributed by atoms with Crippen LogP contribution in [0.25, 0.3) is 22.6 Å². The minimum atomic E-state index is -4.42. The summed E-state index contributed by atoms with van der Waals surface area (Å²) in [5.74, 6) is -0.558. The van der Waals surface area contributed by atoms with Gasteiger partial charge >= 0.3 is 6.18 Å². The third-order valence-electron chi connectivity index (χ3n) is 6.49. The second kappa shape index (κ2) is 8.07. The summed E-state index contributed by atoms with van der Waals surface area (Å²) in [6, 6.07) is 8.52. The van der Waals surface area contributed by atoms with Crippen LogP contribution in [0.15, 0.2) is 42.6 Å². The summed E-state index contributed by atoms with van der Waals surface area (Å²) >= 11 is 0. The molecule has 7 nitrogen and oxygen atoms in total. The first-order chi connectivity index (χ1) is 16.5. The molecule has 5 rings (SSSR count). The van der Waals surface area contributed by atoms with Crippen molar-refractivity contribution in [2.75, 3.05) is 0 Å². The van der Waals surface area contributed by atoms with Gasteiger partial charge in [-0.15, -0.1) is 0 Å². The van der Waals surface area contributed by atoms with Crippen LogP contribution in [-0.2, 0) is 29.4 Å². The molecule has 0 radical (unpaired) electrons. The molecule has 180 valence electrons. The number of benzene rings is 2. The summed E-state index contributed by atoms with van der Waals surface area (Å²) in [7, 11) is 1.76. The molecule has 0 saturated carbocycles. The van der Waals surface area contributed by atoms with Gasteiger partial charge in [0.2, 0.25) is 11.8 Å². The number of aryl methyl sites for hydroxylation is 2. The van der Waals surface area contributed by atoms with Crippen LogP contribution >= 0.6 is 0 Å². The quantitative estimate of drug-likeness (QED) is 0.575. The molecule has 0 bridgehead atoms. The van der Waals surface area contributed by atoms with Crippen LogP contribution in [0.2, 0.25) is 0 Å². The lowest BCUT2D eigenvalue weighted by atomic mass is 10.0. The van der Waals surface area contributed by atoms with Gasteiger partial charge in [-0.3, -0.25) is 19.7 Å². The number of halogens is 3. The van der Waals surface area contributed by atoms with Gasteiger partial charge in [0.15, 0.2) is 0 Å². The molecule has 3 amide bonds. The topological polar surface area (TPSA) is 84.3 Å². The van der Waals surface area contributed by atoms with E-state index >= 15 is 0 Å². The third-order valence-corrected chi connectivity index (χ3v) is 6.49. The van der Waals surface area contributed by atoms with Crippen molar-refractivity contribution in [2.45, 2.75) is 38.5 Å². The fourth-order valence-corrected chi connectivity index (χ4v) is 4.73. The zero-order chi connectivity index (χ0) is 25.1. The van der Waals surface area contributed by atoms with E-state index in [9.17, 15) is 27.6 Å². The molecule has 35 heavy (non-hydrogen) atoms. The van der Waals surface area contributed by atoms with E-state index in [4.69, 9.17) is 0 Å². The molecule has 3 heterocycles. The van der Waals surface area contributed by atoms with Gasteiger partial charge in [0.05, 0.1) is 11.3 Å². The Morgan fingerprint density at radius 1 is 1.06 bits per heavy atom. The van der Waals surface area contributed by atoms with Crippen molar-refractivity contribution >= 4 is 17.7 Å². The summed E-state index contributed by atoms with van der Waals surface area (Å²) in [5.41, 5.74) is 2.58. The Morgan fingerprint density at radius 2 is 1.80 bits per heavy atom. The summed E-state index contributed by atoms with van der Waals surface area (Å²) in [6.07, 6.45) is -2.17. The maximum absolute atomic E-state index is 13.1. The van der Waals surface area contributed by atoms with E-state index < -0.39 is 23.7 Å². The first-order valence-electron chi connectivity index (χ1n) is 11.0. The highest BCUT2D eigenvalue weighted by atomic mass is 19.4. The number of alkyl halides is 3. The van der Waals surface area contributed by atoms with Crippen molar-refractivity contribution in [3.05, 3.63) is 64.8 Å². The van der Waals surface area contributed by atoms with Crippen molar-refractivity contribution < 1.29 is 27.6 Å². The highest BCUT2D eigenvalue weighted by Crippen LogP contribution is 2.35. The minimum absolute atomic E-state index is 0.115. The maximum Gasteiger partial charge on any atom is 0.416 e. The van der Waals surface area contributed by atoms with Gasteiger partial charge in [0.25, 0.3) is 5.91 Å². The number of carbonyl (C=O) groups excluding carboxylic acids is 3. The van der Waals surface area contributed by atoms with Crippen molar-refractivity contribution in [2.24, 2.45) is 7.05 Å². The minimum Gasteiger partial charge on any atom is -0.333 e. The van der Waals surface area contributed by atoms with E-state index in [1.807, 2.05) is 6.07 Å². The van der Waals surface area contributed by atoms with Crippen LogP contribution in [-0.4, -0.2) is 38.2 Å². The number of rotatable bonds is 3. The Hall–Kier alpha value is -3.95. The average Bonchev–Trinajstić information content (AvgIpc) is 3.32. The molecule has 2 aliphatic rings. The summed E-state index contributed by atoms with van der Waals surface area (Å²) in [5, 5.41) is 2.28. The van der Waals surface area contributed by atoms with Gasteiger partial charge in [-0.1, -0.05) is 12.1 Å². The first kappa shape index (κ1) is 22.8. The monoisotopic (exact) mass is 482 g/mol. The number of amides is 3. The van der Waals surface area contributed by atoms with E-state index in [-0.39, 0.29) is 36.8 Å². The smallest absolute Gasteiger partial charge is 0.333 e. The highest BCUT2D eigenvalue weighted by Gasteiger charge is 2.39. The number of aromatic nitrogens is 2. The highest BCUT2D eigenvalue weighted by molar-refractivity contribution is 6.05. The maximum atomic E-state index is 13.1. The number of piperidine rings is 1. The van der Waals surface area contributed by atoms with Crippen LogP contribution in [0.4, 0.5) is 13.2 Å².